The van der Waals surface area contributed by atoms with E-state index in [1.807, 2.05) is 60.7 Å². The highest BCUT2D eigenvalue weighted by Gasteiger charge is 2.22. The number of hydrogen-bond donors (Lipinski definition) is 1. The van der Waals surface area contributed by atoms with Crippen molar-refractivity contribution >= 4 is 22.8 Å². The van der Waals surface area contributed by atoms with Gasteiger partial charge in [0.05, 0.1) is 0 Å². The van der Waals surface area contributed by atoms with Crippen molar-refractivity contribution in [1.82, 2.24) is 0 Å². The minimum Gasteiger partial charge on any atom is -0.480 e. The van der Waals surface area contributed by atoms with Crippen molar-refractivity contribution in [2.24, 2.45) is 0 Å². The van der Waals surface area contributed by atoms with E-state index in [0.717, 1.165) is 22.9 Å². The Hall–Kier alpha value is -2.07. The largest absolute Gasteiger partial charge is 0.480 e. The van der Waals surface area contributed by atoms with Gasteiger partial charge < -0.3 is 5.11 Å². The Bertz CT molecular complexity index is 596. The summed E-state index contributed by atoms with van der Waals surface area (Å²) in [7, 11) is 0. The molecule has 2 aromatic rings. The van der Waals surface area contributed by atoms with Gasteiger partial charge in [0.2, 0.25) is 0 Å². The van der Waals surface area contributed by atoms with Crippen LogP contribution in [0.5, 0.6) is 0 Å². The fourth-order valence-corrected chi connectivity index (χ4v) is 2.91. The highest BCUT2D eigenvalue weighted by molar-refractivity contribution is 8.14. The van der Waals surface area contributed by atoms with Gasteiger partial charge in [-0.25, -0.2) is 0 Å². The molecule has 0 bridgehead atoms. The molecule has 0 aliphatic carbocycles. The van der Waals surface area contributed by atoms with Gasteiger partial charge in [-0.1, -0.05) is 72.4 Å². The van der Waals surface area contributed by atoms with Gasteiger partial charge >= 0.3 is 5.97 Å². The van der Waals surface area contributed by atoms with Gasteiger partial charge in [0.15, 0.2) is 5.12 Å². The first-order valence-electron chi connectivity index (χ1n) is 6.65. The van der Waals surface area contributed by atoms with Crippen LogP contribution in [0.25, 0.3) is 0 Å². The summed E-state index contributed by atoms with van der Waals surface area (Å²) in [6, 6.07) is 18.7. The van der Waals surface area contributed by atoms with Crippen molar-refractivity contribution in [2.45, 2.75) is 18.1 Å². The summed E-state index contributed by atoms with van der Waals surface area (Å²) >= 11 is 0.904. The van der Waals surface area contributed by atoms with Crippen molar-refractivity contribution in [3.63, 3.8) is 0 Å². The van der Waals surface area contributed by atoms with Gasteiger partial charge in [-0.3, -0.25) is 9.59 Å². The SMILES string of the molecule is O=C(Cc1ccccc1)S[C@H](Cc1ccccc1)C(=O)O. The lowest BCUT2D eigenvalue weighted by Gasteiger charge is -2.11. The van der Waals surface area contributed by atoms with Crippen LogP contribution in [-0.4, -0.2) is 21.4 Å². The minimum atomic E-state index is -0.953. The highest BCUT2D eigenvalue weighted by Crippen LogP contribution is 2.20. The third-order valence-electron chi connectivity index (χ3n) is 3.00. The van der Waals surface area contributed by atoms with Gasteiger partial charge in [0.25, 0.3) is 0 Å². The van der Waals surface area contributed by atoms with Gasteiger partial charge in [0, 0.05) is 6.42 Å². The van der Waals surface area contributed by atoms with Crippen LogP contribution in [-0.2, 0) is 22.4 Å². The molecular formula is C17H16O3S. The van der Waals surface area contributed by atoms with E-state index in [1.165, 1.54) is 0 Å². The van der Waals surface area contributed by atoms with Crippen LogP contribution in [0.15, 0.2) is 60.7 Å². The van der Waals surface area contributed by atoms with Gasteiger partial charge in [0.1, 0.15) is 5.25 Å². The second-order valence-electron chi connectivity index (χ2n) is 4.67. The summed E-state index contributed by atoms with van der Waals surface area (Å²) in [6.45, 7) is 0. The number of thioether (sulfide) groups is 1. The molecule has 21 heavy (non-hydrogen) atoms. The Morgan fingerprint density at radius 1 is 0.905 bits per heavy atom. The van der Waals surface area contributed by atoms with Gasteiger partial charge in [-0.2, -0.15) is 0 Å². The lowest BCUT2D eigenvalue weighted by atomic mass is 10.1. The first kappa shape index (κ1) is 15.3. The fourth-order valence-electron chi connectivity index (χ4n) is 1.97. The topological polar surface area (TPSA) is 54.4 Å². The zero-order chi connectivity index (χ0) is 15.1. The average Bonchev–Trinajstić information content (AvgIpc) is 2.48. The van der Waals surface area contributed by atoms with Crippen LogP contribution in [0.1, 0.15) is 11.1 Å². The normalized spacial score (nSPS) is 11.8. The maximum absolute atomic E-state index is 12.0. The van der Waals surface area contributed by atoms with Crippen LogP contribution in [0, 0.1) is 0 Å². The second-order valence-corrected chi connectivity index (χ2v) is 5.93. The summed E-state index contributed by atoms with van der Waals surface area (Å²) in [5.74, 6) is -0.953. The van der Waals surface area contributed by atoms with Crippen LogP contribution in [0.4, 0.5) is 0 Å². The molecule has 0 radical (unpaired) electrons. The third kappa shape index (κ3) is 5.08. The molecule has 0 fully saturated rings. The van der Waals surface area contributed by atoms with Crippen LogP contribution in [0.3, 0.4) is 0 Å². The highest BCUT2D eigenvalue weighted by atomic mass is 32.2. The first-order chi connectivity index (χ1) is 10.1. The van der Waals surface area contributed by atoms with Crippen LogP contribution >= 0.6 is 11.8 Å². The maximum atomic E-state index is 12.0. The van der Waals surface area contributed by atoms with E-state index in [1.54, 1.807) is 0 Å². The molecule has 2 rings (SSSR count). The molecule has 0 amide bonds. The monoisotopic (exact) mass is 300 g/mol. The summed E-state index contributed by atoms with van der Waals surface area (Å²) in [6.07, 6.45) is 0.603. The Kier molecular flexibility index (Phi) is 5.58. The van der Waals surface area contributed by atoms with E-state index < -0.39 is 11.2 Å². The van der Waals surface area contributed by atoms with Crippen molar-refractivity contribution < 1.29 is 14.7 Å². The predicted molar refractivity (Wildman–Crippen MR) is 84.3 cm³/mol. The lowest BCUT2D eigenvalue weighted by Crippen LogP contribution is -2.21. The molecule has 0 spiro atoms. The van der Waals surface area contributed by atoms with Crippen molar-refractivity contribution in [3.8, 4) is 0 Å². The Morgan fingerprint density at radius 2 is 1.43 bits per heavy atom. The molecule has 0 aliphatic rings. The molecule has 0 aromatic heterocycles. The van der Waals surface area contributed by atoms with Crippen LogP contribution < -0.4 is 0 Å². The molecule has 3 nitrogen and oxygen atoms in total. The molecule has 108 valence electrons. The van der Waals surface area contributed by atoms with Crippen molar-refractivity contribution in [1.29, 1.82) is 0 Å². The second kappa shape index (κ2) is 7.64. The molecule has 1 N–H and O–H groups in total. The summed E-state index contributed by atoms with van der Waals surface area (Å²) in [4.78, 5) is 23.3. The zero-order valence-corrected chi connectivity index (χ0v) is 12.3. The third-order valence-corrected chi connectivity index (χ3v) is 4.06. The fraction of sp³-hybridized carbons (Fsp3) is 0.176. The van der Waals surface area contributed by atoms with E-state index in [0.29, 0.717) is 6.42 Å². The number of rotatable bonds is 6. The summed E-state index contributed by atoms with van der Waals surface area (Å²) in [5.41, 5.74) is 1.82. The number of carboxylic acid groups (broad SMARTS) is 1. The smallest absolute Gasteiger partial charge is 0.317 e. The molecule has 4 heteroatoms. The van der Waals surface area contributed by atoms with E-state index in [9.17, 15) is 14.7 Å². The Morgan fingerprint density at radius 3 is 1.95 bits per heavy atom. The molecule has 0 heterocycles. The number of carbonyl (C=O) groups is 2. The van der Waals surface area contributed by atoms with Crippen LogP contribution in [0.2, 0.25) is 0 Å². The molecule has 0 saturated carbocycles. The van der Waals surface area contributed by atoms with E-state index in [-0.39, 0.29) is 11.5 Å². The minimum absolute atomic E-state index is 0.121. The number of benzene rings is 2. The molecule has 0 saturated heterocycles. The molecule has 1 atom stereocenters. The quantitative estimate of drug-likeness (QED) is 0.890. The van der Waals surface area contributed by atoms with E-state index in [2.05, 4.69) is 0 Å². The maximum Gasteiger partial charge on any atom is 0.317 e. The number of aliphatic carboxylic acids is 1. The zero-order valence-electron chi connectivity index (χ0n) is 11.4. The molecule has 2 aromatic carbocycles. The van der Waals surface area contributed by atoms with E-state index >= 15 is 0 Å². The predicted octanol–water partition coefficient (Wildman–Crippen LogP) is 3.18. The van der Waals surface area contributed by atoms with Gasteiger partial charge in [-0.05, 0) is 17.5 Å². The Balaban J connectivity index is 1.96. The molecular weight excluding hydrogens is 284 g/mol. The van der Waals surface area contributed by atoms with Crippen molar-refractivity contribution in [2.75, 3.05) is 0 Å². The lowest BCUT2D eigenvalue weighted by molar-refractivity contribution is -0.136. The number of carbonyl (C=O) groups excluding carboxylic acids is 1. The number of carboxylic acids is 1. The summed E-state index contributed by atoms with van der Waals surface area (Å²) in [5, 5.41) is 8.41. The summed E-state index contributed by atoms with van der Waals surface area (Å²) < 4.78 is 0. The number of hydrogen-bond acceptors (Lipinski definition) is 3. The van der Waals surface area contributed by atoms with E-state index in [4.69, 9.17) is 0 Å². The van der Waals surface area contributed by atoms with Gasteiger partial charge in [-0.15, -0.1) is 0 Å². The Labute approximate surface area is 128 Å². The molecule has 0 unspecified atom stereocenters. The average molecular weight is 300 g/mol. The molecule has 0 aliphatic heterocycles. The standard InChI is InChI=1S/C17H16O3S/c18-16(12-14-9-5-2-6-10-14)21-15(17(19)20)11-13-7-3-1-4-8-13/h1-10,15H,11-12H2,(H,19,20)/t15-/m1/s1. The first-order valence-corrected chi connectivity index (χ1v) is 7.53. The van der Waals surface area contributed by atoms with Crippen molar-refractivity contribution in [3.05, 3.63) is 71.8 Å².